The van der Waals surface area contributed by atoms with Gasteiger partial charge in [-0.1, -0.05) is 37.1 Å². The maximum absolute atomic E-state index is 12.5. The van der Waals surface area contributed by atoms with E-state index in [9.17, 15) is 9.59 Å². The summed E-state index contributed by atoms with van der Waals surface area (Å²) in [5.41, 5.74) is 2.70. The van der Waals surface area contributed by atoms with Crippen molar-refractivity contribution < 1.29 is 9.59 Å². The third-order valence-electron chi connectivity index (χ3n) is 3.60. The van der Waals surface area contributed by atoms with Gasteiger partial charge in [0.05, 0.1) is 16.8 Å². The highest BCUT2D eigenvalue weighted by atomic mass is 127. The van der Waals surface area contributed by atoms with Gasteiger partial charge in [-0.15, -0.1) is 0 Å². The molecule has 126 valence electrons. The Hall–Kier alpha value is -1.89. The van der Waals surface area contributed by atoms with E-state index in [0.717, 1.165) is 22.0 Å². The summed E-state index contributed by atoms with van der Waals surface area (Å²) in [6, 6.07) is 12.7. The molecule has 2 rings (SSSR count). The molecule has 0 radical (unpaired) electrons. The van der Waals surface area contributed by atoms with E-state index >= 15 is 0 Å². The van der Waals surface area contributed by atoms with Crippen molar-refractivity contribution in [1.29, 1.82) is 0 Å². The largest absolute Gasteiger partial charge is 0.352 e. The van der Waals surface area contributed by atoms with E-state index in [-0.39, 0.29) is 11.8 Å². The molecule has 2 N–H and O–H groups in total. The smallest absolute Gasteiger partial charge is 0.256 e. The van der Waals surface area contributed by atoms with Gasteiger partial charge in [0.2, 0.25) is 0 Å². The van der Waals surface area contributed by atoms with Gasteiger partial charge >= 0.3 is 0 Å². The topological polar surface area (TPSA) is 58.2 Å². The number of amides is 2. The SMILES string of the molecule is CCCCNC(=O)c1ccccc1NC(=O)c1ccc(C)cc1I. The number of anilines is 1. The number of halogens is 1. The van der Waals surface area contributed by atoms with Gasteiger partial charge < -0.3 is 10.6 Å². The molecular formula is C19H21IN2O2. The molecule has 4 nitrogen and oxygen atoms in total. The van der Waals surface area contributed by atoms with E-state index in [0.29, 0.717) is 23.4 Å². The van der Waals surface area contributed by atoms with E-state index in [1.807, 2.05) is 19.1 Å². The Morgan fingerprint density at radius 1 is 1.04 bits per heavy atom. The molecule has 0 unspecified atom stereocenters. The van der Waals surface area contributed by atoms with Crippen LogP contribution >= 0.6 is 22.6 Å². The number of carbonyl (C=O) groups is 2. The number of para-hydroxylation sites is 1. The minimum absolute atomic E-state index is 0.169. The van der Waals surface area contributed by atoms with Gasteiger partial charge in [-0.3, -0.25) is 9.59 Å². The Balaban J connectivity index is 2.17. The summed E-state index contributed by atoms with van der Waals surface area (Å²) in [6.07, 6.45) is 1.95. The Kier molecular flexibility index (Phi) is 6.78. The van der Waals surface area contributed by atoms with Crippen molar-refractivity contribution in [2.24, 2.45) is 0 Å². The molecule has 0 saturated carbocycles. The van der Waals surface area contributed by atoms with Crippen LogP contribution in [0.1, 0.15) is 46.0 Å². The number of aryl methyl sites for hydroxylation is 1. The van der Waals surface area contributed by atoms with Crippen LogP contribution in [0.25, 0.3) is 0 Å². The third-order valence-corrected chi connectivity index (χ3v) is 4.50. The molecule has 0 saturated heterocycles. The molecule has 0 aliphatic carbocycles. The Labute approximate surface area is 156 Å². The first-order valence-corrected chi connectivity index (χ1v) is 9.05. The molecule has 5 heteroatoms. The van der Waals surface area contributed by atoms with Crippen LogP contribution in [-0.2, 0) is 0 Å². The maximum Gasteiger partial charge on any atom is 0.256 e. The van der Waals surface area contributed by atoms with Gasteiger partial charge in [0.1, 0.15) is 0 Å². The van der Waals surface area contributed by atoms with Gasteiger partial charge in [0.15, 0.2) is 0 Å². The standard InChI is InChI=1S/C19H21IN2O2/c1-3-4-11-21-18(23)15-7-5-6-8-17(15)22-19(24)14-10-9-13(2)12-16(14)20/h5-10,12H,3-4,11H2,1-2H3,(H,21,23)(H,22,24). The van der Waals surface area contributed by atoms with Crippen LogP contribution in [0.2, 0.25) is 0 Å². The second kappa shape index (κ2) is 8.82. The second-order valence-corrected chi connectivity index (χ2v) is 6.75. The molecule has 0 aliphatic rings. The molecule has 0 fully saturated rings. The Morgan fingerprint density at radius 2 is 1.79 bits per heavy atom. The number of hydrogen-bond donors (Lipinski definition) is 2. The molecule has 2 amide bonds. The summed E-state index contributed by atoms with van der Waals surface area (Å²) >= 11 is 2.15. The van der Waals surface area contributed by atoms with Gasteiger partial charge in [0, 0.05) is 10.1 Å². The van der Waals surface area contributed by atoms with Crippen LogP contribution in [0.3, 0.4) is 0 Å². The number of benzene rings is 2. The summed E-state index contributed by atoms with van der Waals surface area (Å²) in [7, 11) is 0. The van der Waals surface area contributed by atoms with E-state index in [1.54, 1.807) is 30.3 Å². The molecule has 0 bridgehead atoms. The second-order valence-electron chi connectivity index (χ2n) is 5.59. The highest BCUT2D eigenvalue weighted by molar-refractivity contribution is 14.1. The number of nitrogens with one attached hydrogen (secondary N) is 2. The van der Waals surface area contributed by atoms with Gasteiger partial charge in [-0.05, 0) is 60.2 Å². The van der Waals surface area contributed by atoms with E-state index in [1.165, 1.54) is 0 Å². The fourth-order valence-electron chi connectivity index (χ4n) is 2.26. The lowest BCUT2D eigenvalue weighted by Gasteiger charge is -2.12. The van der Waals surface area contributed by atoms with Crippen molar-refractivity contribution in [3.05, 3.63) is 62.7 Å². The molecule has 2 aromatic rings. The first kappa shape index (κ1) is 18.4. The van der Waals surface area contributed by atoms with Crippen LogP contribution < -0.4 is 10.6 Å². The highest BCUT2D eigenvalue weighted by Gasteiger charge is 2.15. The van der Waals surface area contributed by atoms with Crippen molar-refractivity contribution in [2.75, 3.05) is 11.9 Å². The van der Waals surface area contributed by atoms with Crippen molar-refractivity contribution >= 4 is 40.1 Å². The van der Waals surface area contributed by atoms with Crippen LogP contribution in [-0.4, -0.2) is 18.4 Å². The normalized spacial score (nSPS) is 10.3. The Morgan fingerprint density at radius 3 is 2.50 bits per heavy atom. The lowest BCUT2D eigenvalue weighted by Crippen LogP contribution is -2.26. The monoisotopic (exact) mass is 436 g/mol. The lowest BCUT2D eigenvalue weighted by atomic mass is 10.1. The molecule has 0 spiro atoms. The van der Waals surface area contributed by atoms with E-state index in [2.05, 4.69) is 40.1 Å². The van der Waals surface area contributed by atoms with Crippen molar-refractivity contribution in [3.63, 3.8) is 0 Å². The maximum atomic E-state index is 12.5. The average molecular weight is 436 g/mol. The lowest BCUT2D eigenvalue weighted by molar-refractivity contribution is 0.0954. The van der Waals surface area contributed by atoms with Crippen LogP contribution in [0.4, 0.5) is 5.69 Å². The summed E-state index contributed by atoms with van der Waals surface area (Å²) in [6.45, 7) is 4.69. The molecule has 0 aromatic heterocycles. The van der Waals surface area contributed by atoms with Crippen molar-refractivity contribution in [3.8, 4) is 0 Å². The summed E-state index contributed by atoms with van der Waals surface area (Å²) in [5, 5.41) is 5.73. The zero-order chi connectivity index (χ0) is 17.5. The summed E-state index contributed by atoms with van der Waals surface area (Å²) in [5.74, 6) is -0.383. The van der Waals surface area contributed by atoms with Gasteiger partial charge in [0.25, 0.3) is 11.8 Å². The predicted octanol–water partition coefficient (Wildman–Crippen LogP) is 4.38. The zero-order valence-electron chi connectivity index (χ0n) is 13.9. The fraction of sp³-hybridized carbons (Fsp3) is 0.263. The van der Waals surface area contributed by atoms with Crippen LogP contribution in [0, 0.1) is 10.5 Å². The van der Waals surface area contributed by atoms with E-state index in [4.69, 9.17) is 0 Å². The van der Waals surface area contributed by atoms with Crippen molar-refractivity contribution in [1.82, 2.24) is 5.32 Å². The van der Waals surface area contributed by atoms with E-state index < -0.39 is 0 Å². The first-order chi connectivity index (χ1) is 11.5. The quantitative estimate of drug-likeness (QED) is 0.522. The molecular weight excluding hydrogens is 415 g/mol. The van der Waals surface area contributed by atoms with Crippen LogP contribution in [0.15, 0.2) is 42.5 Å². The highest BCUT2D eigenvalue weighted by Crippen LogP contribution is 2.19. The fourth-order valence-corrected chi connectivity index (χ4v) is 3.17. The molecule has 0 aliphatic heterocycles. The summed E-state index contributed by atoms with van der Waals surface area (Å²) in [4.78, 5) is 24.8. The average Bonchev–Trinajstić information content (AvgIpc) is 2.55. The van der Waals surface area contributed by atoms with Gasteiger partial charge in [-0.2, -0.15) is 0 Å². The molecule has 2 aromatic carbocycles. The number of hydrogen-bond acceptors (Lipinski definition) is 2. The van der Waals surface area contributed by atoms with Gasteiger partial charge in [-0.25, -0.2) is 0 Å². The molecule has 24 heavy (non-hydrogen) atoms. The minimum atomic E-state index is -0.215. The Bertz CT molecular complexity index is 744. The number of carbonyl (C=O) groups excluding carboxylic acids is 2. The molecule has 0 heterocycles. The first-order valence-electron chi connectivity index (χ1n) is 7.97. The predicted molar refractivity (Wildman–Crippen MR) is 106 cm³/mol. The minimum Gasteiger partial charge on any atom is -0.352 e. The van der Waals surface area contributed by atoms with Crippen LogP contribution in [0.5, 0.6) is 0 Å². The number of unbranched alkanes of at least 4 members (excludes halogenated alkanes) is 1. The number of rotatable bonds is 6. The molecule has 0 atom stereocenters. The zero-order valence-corrected chi connectivity index (χ0v) is 16.0. The summed E-state index contributed by atoms with van der Waals surface area (Å²) < 4.78 is 0.884. The van der Waals surface area contributed by atoms with Crippen molar-refractivity contribution in [2.45, 2.75) is 26.7 Å². The third kappa shape index (κ3) is 4.80.